The number of carbonyl (C=O) groups is 1. The molecule has 112 valence electrons. The van der Waals surface area contributed by atoms with Crippen molar-refractivity contribution >= 4 is 21.8 Å². The first-order chi connectivity index (χ1) is 9.31. The minimum absolute atomic E-state index is 0.125. The molecule has 0 bridgehead atoms. The third-order valence-corrected chi connectivity index (χ3v) is 3.40. The number of aromatic carboxylic acids is 1. The first kappa shape index (κ1) is 16.4. The molecule has 0 spiro atoms. The Bertz CT molecular complexity index is 572. The van der Waals surface area contributed by atoms with Crippen LogP contribution in [0, 0.1) is 0 Å². The van der Waals surface area contributed by atoms with Gasteiger partial charge in [0, 0.05) is 12.2 Å². The van der Waals surface area contributed by atoms with Gasteiger partial charge in [0.15, 0.2) is 0 Å². The second-order valence-corrected chi connectivity index (χ2v) is 6.17. The van der Waals surface area contributed by atoms with Crippen molar-refractivity contribution in [3.05, 3.63) is 23.4 Å². The number of aryl methyl sites for hydroxylation is 1. The summed E-state index contributed by atoms with van der Waals surface area (Å²) >= 11 is 0. The number of aromatic nitrogens is 1. The summed E-state index contributed by atoms with van der Waals surface area (Å²) in [6.07, 6.45) is 1.88. The molecule has 0 aliphatic heterocycles. The summed E-state index contributed by atoms with van der Waals surface area (Å²) in [5.41, 5.74) is 0.860. The van der Waals surface area contributed by atoms with E-state index in [9.17, 15) is 13.2 Å². The molecule has 1 rings (SSSR count). The third kappa shape index (κ3) is 5.98. The van der Waals surface area contributed by atoms with Crippen LogP contribution >= 0.6 is 0 Å². The van der Waals surface area contributed by atoms with Crippen molar-refractivity contribution in [3.8, 4) is 0 Å². The van der Waals surface area contributed by atoms with Crippen LogP contribution in [0.5, 0.6) is 0 Å². The van der Waals surface area contributed by atoms with E-state index in [1.165, 1.54) is 6.07 Å². The molecule has 4 N–H and O–H groups in total. The van der Waals surface area contributed by atoms with Gasteiger partial charge in [0.05, 0.1) is 11.3 Å². The van der Waals surface area contributed by atoms with Gasteiger partial charge in [-0.15, -0.1) is 0 Å². The van der Waals surface area contributed by atoms with Gasteiger partial charge in [-0.2, -0.15) is 0 Å². The summed E-state index contributed by atoms with van der Waals surface area (Å²) in [5.74, 6) is -0.708. The van der Waals surface area contributed by atoms with Crippen molar-refractivity contribution in [2.75, 3.05) is 17.6 Å². The molecule has 1 aromatic rings. The summed E-state index contributed by atoms with van der Waals surface area (Å²) in [4.78, 5) is 15.3. The Balaban J connectivity index is 2.71. The van der Waals surface area contributed by atoms with Gasteiger partial charge in [-0.1, -0.05) is 13.3 Å². The number of sulfonamides is 1. The molecule has 20 heavy (non-hydrogen) atoms. The fourth-order valence-electron chi connectivity index (χ4n) is 1.68. The van der Waals surface area contributed by atoms with Crippen LogP contribution in [0.2, 0.25) is 0 Å². The standard InChI is InChI=1S/C12H19N3O4S/c1-2-4-10-7-9(12(16)17)8-11(15-10)14-5-3-6-20(13,18)19/h7-8H,2-6H2,1H3,(H,14,15)(H,16,17)(H2,13,18,19). The van der Waals surface area contributed by atoms with Gasteiger partial charge in [0.1, 0.15) is 5.82 Å². The van der Waals surface area contributed by atoms with Crippen LogP contribution in [-0.2, 0) is 16.4 Å². The molecular weight excluding hydrogens is 282 g/mol. The van der Waals surface area contributed by atoms with E-state index < -0.39 is 16.0 Å². The minimum Gasteiger partial charge on any atom is -0.478 e. The zero-order chi connectivity index (χ0) is 15.2. The molecule has 0 atom stereocenters. The van der Waals surface area contributed by atoms with E-state index in [4.69, 9.17) is 10.2 Å². The van der Waals surface area contributed by atoms with E-state index in [-0.39, 0.29) is 11.3 Å². The quantitative estimate of drug-likeness (QED) is 0.611. The summed E-state index contributed by atoms with van der Waals surface area (Å²) in [7, 11) is -3.47. The fraction of sp³-hybridized carbons (Fsp3) is 0.500. The van der Waals surface area contributed by atoms with Gasteiger partial charge in [0.2, 0.25) is 10.0 Å². The molecule has 0 unspecified atom stereocenters. The number of hydrogen-bond acceptors (Lipinski definition) is 5. The van der Waals surface area contributed by atoms with E-state index in [1.807, 2.05) is 6.92 Å². The highest BCUT2D eigenvalue weighted by atomic mass is 32.2. The molecule has 0 fully saturated rings. The van der Waals surface area contributed by atoms with Crippen LogP contribution in [0.15, 0.2) is 12.1 Å². The highest BCUT2D eigenvalue weighted by Gasteiger charge is 2.08. The maximum Gasteiger partial charge on any atom is 0.335 e. The second kappa shape index (κ2) is 7.20. The van der Waals surface area contributed by atoms with E-state index in [2.05, 4.69) is 10.3 Å². The topological polar surface area (TPSA) is 122 Å². The van der Waals surface area contributed by atoms with Crippen molar-refractivity contribution in [2.45, 2.75) is 26.2 Å². The molecule has 0 amide bonds. The van der Waals surface area contributed by atoms with E-state index in [1.54, 1.807) is 6.07 Å². The van der Waals surface area contributed by atoms with Crippen molar-refractivity contribution in [3.63, 3.8) is 0 Å². The van der Waals surface area contributed by atoms with Crippen LogP contribution in [0.1, 0.15) is 35.8 Å². The Morgan fingerprint density at radius 2 is 2.15 bits per heavy atom. The predicted molar refractivity (Wildman–Crippen MR) is 76.3 cm³/mol. The highest BCUT2D eigenvalue weighted by molar-refractivity contribution is 7.89. The Labute approximate surface area is 118 Å². The number of primary sulfonamides is 1. The molecule has 0 saturated carbocycles. The lowest BCUT2D eigenvalue weighted by Crippen LogP contribution is -2.19. The lowest BCUT2D eigenvalue weighted by molar-refractivity contribution is 0.0696. The molecule has 0 aliphatic rings. The summed E-state index contributed by atoms with van der Waals surface area (Å²) in [6, 6.07) is 2.97. The molecule has 7 nitrogen and oxygen atoms in total. The molecule has 1 aromatic heterocycles. The van der Waals surface area contributed by atoms with Crippen LogP contribution in [0.4, 0.5) is 5.82 Å². The average molecular weight is 301 g/mol. The van der Waals surface area contributed by atoms with Crippen molar-refractivity contribution in [1.29, 1.82) is 0 Å². The Morgan fingerprint density at radius 1 is 1.45 bits per heavy atom. The Hall–Kier alpha value is -1.67. The van der Waals surface area contributed by atoms with Crippen molar-refractivity contribution in [2.24, 2.45) is 5.14 Å². The summed E-state index contributed by atoms with van der Waals surface area (Å²) in [6.45, 7) is 2.34. The van der Waals surface area contributed by atoms with Crippen LogP contribution in [0.3, 0.4) is 0 Å². The minimum atomic E-state index is -3.47. The average Bonchev–Trinajstić information content (AvgIpc) is 2.33. The van der Waals surface area contributed by atoms with E-state index >= 15 is 0 Å². The number of nitrogens with two attached hydrogens (primary N) is 1. The number of anilines is 1. The molecule has 0 aromatic carbocycles. The van der Waals surface area contributed by atoms with Crippen molar-refractivity contribution < 1.29 is 18.3 Å². The van der Waals surface area contributed by atoms with Crippen LogP contribution in [-0.4, -0.2) is 36.8 Å². The number of carboxylic acid groups (broad SMARTS) is 1. The zero-order valence-electron chi connectivity index (χ0n) is 11.3. The highest BCUT2D eigenvalue weighted by Crippen LogP contribution is 2.12. The lowest BCUT2D eigenvalue weighted by Gasteiger charge is -2.08. The number of hydrogen-bond donors (Lipinski definition) is 3. The number of carboxylic acids is 1. The number of pyridine rings is 1. The Morgan fingerprint density at radius 3 is 2.70 bits per heavy atom. The Kier molecular flexibility index (Phi) is 5.90. The lowest BCUT2D eigenvalue weighted by atomic mass is 10.1. The third-order valence-electron chi connectivity index (χ3n) is 2.54. The van der Waals surface area contributed by atoms with Gasteiger partial charge in [-0.25, -0.2) is 23.3 Å². The summed E-state index contributed by atoms with van der Waals surface area (Å²) < 4.78 is 21.6. The van der Waals surface area contributed by atoms with Crippen LogP contribution < -0.4 is 10.5 Å². The van der Waals surface area contributed by atoms with Gasteiger partial charge in [-0.3, -0.25) is 0 Å². The first-order valence-electron chi connectivity index (χ1n) is 6.30. The summed E-state index contributed by atoms with van der Waals surface area (Å²) in [5, 5.41) is 16.8. The molecule has 0 radical (unpaired) electrons. The smallest absolute Gasteiger partial charge is 0.335 e. The molecule has 8 heteroatoms. The second-order valence-electron chi connectivity index (χ2n) is 4.43. The monoisotopic (exact) mass is 301 g/mol. The molecule has 0 saturated heterocycles. The molecule has 1 heterocycles. The SMILES string of the molecule is CCCc1cc(C(=O)O)cc(NCCCS(N)(=O)=O)n1. The number of nitrogens with zero attached hydrogens (tertiary/aromatic N) is 1. The van der Waals surface area contributed by atoms with E-state index in [0.29, 0.717) is 30.9 Å². The number of nitrogens with one attached hydrogen (secondary N) is 1. The van der Waals surface area contributed by atoms with Crippen LogP contribution in [0.25, 0.3) is 0 Å². The molecular formula is C12H19N3O4S. The van der Waals surface area contributed by atoms with Gasteiger partial charge < -0.3 is 10.4 Å². The normalized spacial score (nSPS) is 11.3. The largest absolute Gasteiger partial charge is 0.478 e. The fourth-order valence-corrected chi connectivity index (χ4v) is 2.22. The van der Waals surface area contributed by atoms with Crippen molar-refractivity contribution in [1.82, 2.24) is 4.98 Å². The van der Waals surface area contributed by atoms with E-state index in [0.717, 1.165) is 6.42 Å². The van der Waals surface area contributed by atoms with Gasteiger partial charge >= 0.3 is 5.97 Å². The van der Waals surface area contributed by atoms with Gasteiger partial charge in [0.25, 0.3) is 0 Å². The maximum absolute atomic E-state index is 11.0. The predicted octanol–water partition coefficient (Wildman–Crippen LogP) is 0.823. The number of rotatable bonds is 8. The van der Waals surface area contributed by atoms with Gasteiger partial charge in [-0.05, 0) is 25.0 Å². The molecule has 0 aliphatic carbocycles. The first-order valence-corrected chi connectivity index (χ1v) is 8.02. The maximum atomic E-state index is 11.0. The zero-order valence-corrected chi connectivity index (χ0v) is 12.1.